The first-order chi connectivity index (χ1) is 7.83. The van der Waals surface area contributed by atoms with Crippen LogP contribution >= 0.6 is 11.8 Å². The number of nitrogens with zero attached hydrogens (tertiary/aromatic N) is 2. The molecule has 80 valence electrons. The molecule has 0 amide bonds. The Labute approximate surface area is 98.5 Å². The Balaban J connectivity index is 2.24. The van der Waals surface area contributed by atoms with Crippen molar-refractivity contribution in [1.29, 1.82) is 5.26 Å². The average Bonchev–Trinajstić information content (AvgIpc) is 2.79. The van der Waals surface area contributed by atoms with Crippen molar-refractivity contribution in [2.45, 2.75) is 11.8 Å². The fraction of sp³-hybridized carbons (Fsp3) is 0.167. The maximum absolute atomic E-state index is 8.68. The first-order valence-electron chi connectivity index (χ1n) is 5.02. The number of aromatic nitrogens is 2. The smallest absolute Gasteiger partial charge is 0.162 e. The third-order valence-electron chi connectivity index (χ3n) is 2.17. The predicted molar refractivity (Wildman–Crippen MR) is 65.1 cm³/mol. The van der Waals surface area contributed by atoms with Crippen LogP contribution < -0.4 is 0 Å². The Kier molecular flexibility index (Phi) is 3.28. The number of hydrogen-bond donors (Lipinski definition) is 1. The summed E-state index contributed by atoms with van der Waals surface area (Å²) in [6.45, 7) is 2.13. The number of hydrogen-bond acceptors (Lipinski definition) is 3. The fourth-order valence-corrected chi connectivity index (χ4v) is 2.09. The minimum absolute atomic E-state index is 0.419. The molecule has 4 heteroatoms. The number of benzene rings is 1. The summed E-state index contributed by atoms with van der Waals surface area (Å²) in [4.78, 5) is 1.26. The molecule has 1 N–H and O–H groups in total. The number of nitriles is 1. The number of rotatable bonds is 3. The molecule has 0 aliphatic rings. The van der Waals surface area contributed by atoms with E-state index in [-0.39, 0.29) is 0 Å². The van der Waals surface area contributed by atoms with Crippen LogP contribution in [0.1, 0.15) is 12.6 Å². The highest BCUT2D eigenvalue weighted by Gasteiger charge is 2.02. The van der Waals surface area contributed by atoms with Gasteiger partial charge in [-0.3, -0.25) is 5.10 Å². The van der Waals surface area contributed by atoms with Crippen LogP contribution in [0, 0.1) is 11.3 Å². The molecular weight excluding hydrogens is 218 g/mol. The first-order valence-corrected chi connectivity index (χ1v) is 6.01. The Hall–Kier alpha value is -1.73. The van der Waals surface area contributed by atoms with E-state index in [4.69, 9.17) is 5.26 Å². The third-order valence-corrected chi connectivity index (χ3v) is 3.06. The lowest BCUT2D eigenvalue weighted by Gasteiger charge is -2.00. The van der Waals surface area contributed by atoms with E-state index in [1.807, 2.05) is 30.0 Å². The summed E-state index contributed by atoms with van der Waals surface area (Å²) in [5, 5.41) is 15.4. The Bertz CT molecular complexity index is 508. The molecule has 16 heavy (non-hydrogen) atoms. The summed E-state index contributed by atoms with van der Waals surface area (Å²) >= 11 is 1.81. The molecule has 0 saturated heterocycles. The lowest BCUT2D eigenvalue weighted by atomic mass is 10.1. The van der Waals surface area contributed by atoms with E-state index in [2.05, 4.69) is 29.3 Å². The maximum Gasteiger partial charge on any atom is 0.162 e. The van der Waals surface area contributed by atoms with E-state index >= 15 is 0 Å². The summed E-state index contributed by atoms with van der Waals surface area (Å²) in [6.07, 6.45) is 0. The predicted octanol–water partition coefficient (Wildman–Crippen LogP) is 3.06. The van der Waals surface area contributed by atoms with Crippen LogP contribution in [0.25, 0.3) is 11.3 Å². The highest BCUT2D eigenvalue weighted by molar-refractivity contribution is 7.99. The van der Waals surface area contributed by atoms with Gasteiger partial charge in [-0.15, -0.1) is 11.8 Å². The van der Waals surface area contributed by atoms with Gasteiger partial charge in [0.1, 0.15) is 6.07 Å². The van der Waals surface area contributed by atoms with Gasteiger partial charge in [-0.1, -0.05) is 19.1 Å². The molecule has 0 atom stereocenters. The number of H-pyrrole nitrogens is 1. The van der Waals surface area contributed by atoms with Crippen LogP contribution in [-0.2, 0) is 0 Å². The van der Waals surface area contributed by atoms with Crippen LogP contribution in [0.4, 0.5) is 0 Å². The molecule has 0 aliphatic heterocycles. The zero-order valence-electron chi connectivity index (χ0n) is 8.90. The Morgan fingerprint density at radius 2 is 2.12 bits per heavy atom. The van der Waals surface area contributed by atoms with Gasteiger partial charge in [-0.25, -0.2) is 0 Å². The molecule has 1 aromatic heterocycles. The standard InChI is InChI=1S/C12H11N3S/c1-2-16-11-5-3-9(4-6-11)12-7-10(8-13)14-15-12/h3-7H,2H2,1H3,(H,14,15). The molecule has 2 rings (SSSR count). The Morgan fingerprint density at radius 1 is 1.38 bits per heavy atom. The molecule has 0 spiro atoms. The van der Waals surface area contributed by atoms with Crippen molar-refractivity contribution < 1.29 is 0 Å². The van der Waals surface area contributed by atoms with Crippen molar-refractivity contribution in [2.75, 3.05) is 5.75 Å². The monoisotopic (exact) mass is 229 g/mol. The van der Waals surface area contributed by atoms with E-state index in [0.29, 0.717) is 5.69 Å². The van der Waals surface area contributed by atoms with Crippen LogP contribution in [0.15, 0.2) is 35.2 Å². The molecular formula is C12H11N3S. The van der Waals surface area contributed by atoms with Gasteiger partial charge in [-0.05, 0) is 23.4 Å². The molecule has 0 aliphatic carbocycles. The van der Waals surface area contributed by atoms with Gasteiger partial charge in [0.05, 0.1) is 5.69 Å². The zero-order chi connectivity index (χ0) is 11.4. The van der Waals surface area contributed by atoms with E-state index in [1.54, 1.807) is 6.07 Å². The van der Waals surface area contributed by atoms with Crippen LogP contribution in [0.5, 0.6) is 0 Å². The van der Waals surface area contributed by atoms with Gasteiger partial charge in [0.2, 0.25) is 0 Å². The zero-order valence-corrected chi connectivity index (χ0v) is 9.71. The van der Waals surface area contributed by atoms with Gasteiger partial charge in [0, 0.05) is 11.0 Å². The minimum Gasteiger partial charge on any atom is -0.277 e. The first kappa shape index (κ1) is 10.8. The van der Waals surface area contributed by atoms with Gasteiger partial charge < -0.3 is 0 Å². The average molecular weight is 229 g/mol. The molecule has 0 fully saturated rings. The molecule has 0 saturated carbocycles. The van der Waals surface area contributed by atoms with E-state index in [1.165, 1.54) is 4.90 Å². The van der Waals surface area contributed by atoms with Gasteiger partial charge >= 0.3 is 0 Å². The number of aromatic amines is 1. The molecule has 0 unspecified atom stereocenters. The third kappa shape index (κ3) is 2.26. The summed E-state index contributed by atoms with van der Waals surface area (Å²) in [6, 6.07) is 12.0. The maximum atomic E-state index is 8.68. The topological polar surface area (TPSA) is 52.5 Å². The fourth-order valence-electron chi connectivity index (χ4n) is 1.42. The summed E-state index contributed by atoms with van der Waals surface area (Å²) < 4.78 is 0. The van der Waals surface area contributed by atoms with Gasteiger partial charge in [-0.2, -0.15) is 10.4 Å². The normalized spacial score (nSPS) is 10.0. The second-order valence-electron chi connectivity index (χ2n) is 3.24. The molecule has 1 aromatic carbocycles. The highest BCUT2D eigenvalue weighted by Crippen LogP contribution is 2.22. The van der Waals surface area contributed by atoms with Gasteiger partial charge in [0.25, 0.3) is 0 Å². The quantitative estimate of drug-likeness (QED) is 0.823. The molecule has 0 radical (unpaired) electrons. The van der Waals surface area contributed by atoms with E-state index in [0.717, 1.165) is 17.0 Å². The molecule has 2 aromatic rings. The Morgan fingerprint density at radius 3 is 2.69 bits per heavy atom. The summed E-state index contributed by atoms with van der Waals surface area (Å²) in [7, 11) is 0. The van der Waals surface area contributed by atoms with Gasteiger partial charge in [0.15, 0.2) is 5.69 Å². The van der Waals surface area contributed by atoms with Crippen LogP contribution in [0.2, 0.25) is 0 Å². The van der Waals surface area contributed by atoms with Crippen molar-refractivity contribution in [3.63, 3.8) is 0 Å². The second kappa shape index (κ2) is 4.86. The molecule has 3 nitrogen and oxygen atoms in total. The van der Waals surface area contributed by atoms with Crippen molar-refractivity contribution in [3.8, 4) is 17.3 Å². The summed E-state index contributed by atoms with van der Waals surface area (Å²) in [5.74, 6) is 1.07. The molecule has 0 bridgehead atoms. The number of thioether (sulfide) groups is 1. The van der Waals surface area contributed by atoms with E-state index < -0.39 is 0 Å². The van der Waals surface area contributed by atoms with Crippen molar-refractivity contribution >= 4 is 11.8 Å². The van der Waals surface area contributed by atoms with Crippen LogP contribution in [-0.4, -0.2) is 16.0 Å². The summed E-state index contributed by atoms with van der Waals surface area (Å²) in [5.41, 5.74) is 2.35. The van der Waals surface area contributed by atoms with Crippen LogP contribution in [0.3, 0.4) is 0 Å². The lowest BCUT2D eigenvalue weighted by Crippen LogP contribution is -1.78. The van der Waals surface area contributed by atoms with Crippen molar-refractivity contribution in [2.24, 2.45) is 0 Å². The second-order valence-corrected chi connectivity index (χ2v) is 4.57. The molecule has 1 heterocycles. The van der Waals surface area contributed by atoms with Crippen molar-refractivity contribution in [1.82, 2.24) is 10.2 Å². The largest absolute Gasteiger partial charge is 0.277 e. The minimum atomic E-state index is 0.419. The number of nitrogens with one attached hydrogen (secondary N) is 1. The van der Waals surface area contributed by atoms with Crippen molar-refractivity contribution in [3.05, 3.63) is 36.0 Å². The lowest BCUT2D eigenvalue weighted by molar-refractivity contribution is 1.08. The SMILES string of the molecule is CCSc1ccc(-c2cc(C#N)n[nH]2)cc1. The highest BCUT2D eigenvalue weighted by atomic mass is 32.2. The van der Waals surface area contributed by atoms with E-state index in [9.17, 15) is 0 Å².